The van der Waals surface area contributed by atoms with Crippen molar-refractivity contribution in [2.45, 2.75) is 36.6 Å². The minimum absolute atomic E-state index is 0.187. The highest BCUT2D eigenvalue weighted by Crippen LogP contribution is 2.26. The molecule has 0 aromatic heterocycles. The lowest BCUT2D eigenvalue weighted by Crippen LogP contribution is -2.43. The highest BCUT2D eigenvalue weighted by molar-refractivity contribution is 7.89. The number of sulfonamides is 1. The van der Waals surface area contributed by atoms with Gasteiger partial charge in [0.15, 0.2) is 11.6 Å². The van der Waals surface area contributed by atoms with Crippen molar-refractivity contribution < 1.29 is 26.7 Å². The van der Waals surface area contributed by atoms with Crippen molar-refractivity contribution in [3.8, 4) is 0 Å². The molecule has 0 radical (unpaired) electrons. The number of nitrogens with one attached hydrogen (secondary N) is 1. The number of hydrogen-bond acceptors (Lipinski definition) is 3. The molecular weight excluding hydrogens is 307 g/mol. The van der Waals surface area contributed by atoms with Gasteiger partial charge in [-0.1, -0.05) is 12.8 Å². The van der Waals surface area contributed by atoms with Crippen LogP contribution < -0.4 is 4.72 Å². The third-order valence-electron chi connectivity index (χ3n) is 3.71. The number of hydrogen-bond donors (Lipinski definition) is 2. The fourth-order valence-electron chi connectivity index (χ4n) is 2.55. The van der Waals surface area contributed by atoms with E-state index in [9.17, 15) is 26.7 Å². The topological polar surface area (TPSA) is 66.4 Å². The van der Waals surface area contributed by atoms with E-state index >= 15 is 0 Å². The Kier molecular flexibility index (Phi) is 4.90. The van der Waals surface area contributed by atoms with Gasteiger partial charge in [0.05, 0.1) is 0 Å². The van der Waals surface area contributed by atoms with Crippen molar-refractivity contribution in [1.82, 2.24) is 4.72 Å². The Bertz CT molecular complexity index is 621. The molecule has 8 heteroatoms. The lowest BCUT2D eigenvalue weighted by atomic mass is 9.86. The molecule has 2 N–H and O–H groups in total. The van der Waals surface area contributed by atoms with Crippen LogP contribution in [0.1, 0.15) is 25.7 Å². The van der Waals surface area contributed by atoms with Crippen LogP contribution >= 0.6 is 0 Å². The summed E-state index contributed by atoms with van der Waals surface area (Å²) in [4.78, 5) is -0.927. The van der Waals surface area contributed by atoms with E-state index in [1.54, 1.807) is 0 Å². The number of halogens is 3. The van der Waals surface area contributed by atoms with Crippen LogP contribution in [0.5, 0.6) is 0 Å². The molecule has 2 atom stereocenters. The Balaban J connectivity index is 2.28. The van der Waals surface area contributed by atoms with E-state index in [0.29, 0.717) is 18.9 Å². The summed E-state index contributed by atoms with van der Waals surface area (Å²) >= 11 is 0. The van der Waals surface area contributed by atoms with Crippen LogP contribution in [0.25, 0.3) is 0 Å². The zero-order valence-corrected chi connectivity index (χ0v) is 12.0. The lowest BCUT2D eigenvalue weighted by molar-refractivity contribution is 0.164. The molecule has 0 heterocycles. The summed E-state index contributed by atoms with van der Waals surface area (Å²) in [6, 6.07) is -0.0146. The van der Waals surface area contributed by atoms with Gasteiger partial charge in [0, 0.05) is 18.7 Å². The van der Waals surface area contributed by atoms with Gasteiger partial charge in [0.25, 0.3) is 0 Å². The SMILES string of the molecule is O=S(=O)(NC1CCCCC1CO)c1cc(F)c(F)cc1F. The zero-order valence-electron chi connectivity index (χ0n) is 11.2. The Labute approximate surface area is 121 Å². The molecule has 0 spiro atoms. The molecule has 1 aromatic rings. The average molecular weight is 323 g/mol. The van der Waals surface area contributed by atoms with E-state index < -0.39 is 38.4 Å². The van der Waals surface area contributed by atoms with Crippen LogP contribution in [-0.2, 0) is 10.0 Å². The summed E-state index contributed by atoms with van der Waals surface area (Å²) in [7, 11) is -4.32. The molecule has 21 heavy (non-hydrogen) atoms. The third kappa shape index (κ3) is 3.56. The van der Waals surface area contributed by atoms with Crippen LogP contribution in [-0.4, -0.2) is 26.2 Å². The predicted octanol–water partition coefficient (Wildman–Crippen LogP) is 1.93. The second kappa shape index (κ2) is 6.33. The van der Waals surface area contributed by atoms with Gasteiger partial charge in [-0.2, -0.15) is 0 Å². The zero-order chi connectivity index (χ0) is 15.6. The fourth-order valence-corrected chi connectivity index (χ4v) is 3.96. The van der Waals surface area contributed by atoms with Crippen molar-refractivity contribution in [2.24, 2.45) is 5.92 Å². The van der Waals surface area contributed by atoms with Crippen molar-refractivity contribution in [1.29, 1.82) is 0 Å². The number of benzene rings is 1. The predicted molar refractivity (Wildman–Crippen MR) is 69.5 cm³/mol. The van der Waals surface area contributed by atoms with Crippen LogP contribution in [0, 0.1) is 23.4 Å². The van der Waals surface area contributed by atoms with E-state index in [1.807, 2.05) is 0 Å². The average Bonchev–Trinajstić information content (AvgIpc) is 2.43. The molecule has 4 nitrogen and oxygen atoms in total. The maximum absolute atomic E-state index is 13.6. The Morgan fingerprint density at radius 3 is 2.38 bits per heavy atom. The first-order valence-electron chi connectivity index (χ1n) is 6.63. The van der Waals surface area contributed by atoms with E-state index in [-0.39, 0.29) is 18.6 Å². The standard InChI is InChI=1S/C13H16F3NO3S/c14-9-5-11(16)13(6-10(9)15)21(19,20)17-12-4-2-1-3-8(12)7-18/h5-6,8,12,17-18H,1-4,7H2. The molecule has 0 aliphatic heterocycles. The second-order valence-electron chi connectivity index (χ2n) is 5.15. The minimum atomic E-state index is -4.32. The van der Waals surface area contributed by atoms with Crippen LogP contribution in [0.2, 0.25) is 0 Å². The molecular formula is C13H16F3NO3S. The maximum atomic E-state index is 13.6. The Morgan fingerprint density at radius 2 is 1.71 bits per heavy atom. The fraction of sp³-hybridized carbons (Fsp3) is 0.538. The number of aliphatic hydroxyl groups is 1. The van der Waals surface area contributed by atoms with E-state index in [1.165, 1.54) is 0 Å². The smallest absolute Gasteiger partial charge is 0.243 e. The normalized spacial score (nSPS) is 23.2. The minimum Gasteiger partial charge on any atom is -0.396 e. The Morgan fingerprint density at radius 1 is 1.10 bits per heavy atom. The second-order valence-corrected chi connectivity index (χ2v) is 6.83. The monoisotopic (exact) mass is 323 g/mol. The summed E-state index contributed by atoms with van der Waals surface area (Å²) in [6.07, 6.45) is 2.83. The van der Waals surface area contributed by atoms with Crippen molar-refractivity contribution in [3.63, 3.8) is 0 Å². The van der Waals surface area contributed by atoms with Gasteiger partial charge in [-0.25, -0.2) is 26.3 Å². The first kappa shape index (κ1) is 16.3. The molecule has 1 saturated carbocycles. The first-order chi connectivity index (χ1) is 9.85. The van der Waals surface area contributed by atoms with Gasteiger partial charge in [0.2, 0.25) is 10.0 Å². The third-order valence-corrected chi connectivity index (χ3v) is 5.22. The molecule has 0 bridgehead atoms. The van der Waals surface area contributed by atoms with Crippen molar-refractivity contribution >= 4 is 10.0 Å². The Hall–Kier alpha value is -1.12. The van der Waals surface area contributed by atoms with Crippen molar-refractivity contribution in [2.75, 3.05) is 6.61 Å². The quantitative estimate of drug-likeness (QED) is 0.832. The molecule has 1 fully saturated rings. The number of rotatable bonds is 4. The maximum Gasteiger partial charge on any atom is 0.243 e. The molecule has 0 saturated heterocycles. The highest BCUT2D eigenvalue weighted by atomic mass is 32.2. The molecule has 118 valence electrons. The molecule has 2 unspecified atom stereocenters. The molecule has 0 amide bonds. The number of aliphatic hydroxyl groups excluding tert-OH is 1. The van der Waals surface area contributed by atoms with Gasteiger partial charge < -0.3 is 5.11 Å². The highest BCUT2D eigenvalue weighted by Gasteiger charge is 2.31. The molecule has 1 aliphatic carbocycles. The van der Waals surface area contributed by atoms with E-state index in [4.69, 9.17) is 0 Å². The summed E-state index contributed by atoms with van der Waals surface area (Å²) in [5.41, 5.74) is 0. The van der Waals surface area contributed by atoms with Crippen molar-refractivity contribution in [3.05, 3.63) is 29.6 Å². The van der Waals surface area contributed by atoms with E-state index in [2.05, 4.69) is 4.72 Å². The summed E-state index contributed by atoms with van der Waals surface area (Å²) in [5, 5.41) is 9.25. The van der Waals surface area contributed by atoms with Gasteiger partial charge >= 0.3 is 0 Å². The molecule has 1 aromatic carbocycles. The first-order valence-corrected chi connectivity index (χ1v) is 8.11. The summed E-state index contributed by atoms with van der Waals surface area (Å²) < 4.78 is 66.1. The van der Waals surface area contributed by atoms with Gasteiger partial charge in [-0.3, -0.25) is 0 Å². The molecule has 2 rings (SSSR count). The van der Waals surface area contributed by atoms with Gasteiger partial charge in [-0.15, -0.1) is 0 Å². The largest absolute Gasteiger partial charge is 0.396 e. The lowest BCUT2D eigenvalue weighted by Gasteiger charge is -2.30. The van der Waals surface area contributed by atoms with E-state index in [0.717, 1.165) is 12.8 Å². The van der Waals surface area contributed by atoms with Crippen LogP contribution in [0.4, 0.5) is 13.2 Å². The van der Waals surface area contributed by atoms with Crippen LogP contribution in [0.15, 0.2) is 17.0 Å². The summed E-state index contributed by atoms with van der Waals surface area (Å²) in [5.74, 6) is -4.49. The van der Waals surface area contributed by atoms with Crippen LogP contribution in [0.3, 0.4) is 0 Å². The summed E-state index contributed by atoms with van der Waals surface area (Å²) in [6.45, 7) is -0.187. The van der Waals surface area contributed by atoms with Gasteiger partial charge in [-0.05, 0) is 24.8 Å². The molecule has 1 aliphatic rings. The van der Waals surface area contributed by atoms with Gasteiger partial charge in [0.1, 0.15) is 10.7 Å².